The summed E-state index contributed by atoms with van der Waals surface area (Å²) in [6.45, 7) is 0. The maximum Gasteiger partial charge on any atom is 0.306 e. The number of ketones is 1. The SMILES string of the molecule is COC(=O)CCSCCCC(=O)c1cccs1. The lowest BCUT2D eigenvalue weighted by molar-refractivity contribution is -0.140. The minimum Gasteiger partial charge on any atom is -0.469 e. The van der Waals surface area contributed by atoms with Crippen molar-refractivity contribution < 1.29 is 14.3 Å². The van der Waals surface area contributed by atoms with Crippen LogP contribution in [0, 0.1) is 0 Å². The molecule has 0 N–H and O–H groups in total. The molecule has 0 spiro atoms. The molecule has 0 saturated heterocycles. The van der Waals surface area contributed by atoms with Crippen LogP contribution in [0.15, 0.2) is 17.5 Å². The van der Waals surface area contributed by atoms with Gasteiger partial charge in [-0.2, -0.15) is 11.8 Å². The molecule has 3 nitrogen and oxygen atoms in total. The second-order valence-corrected chi connectivity index (χ2v) is 5.61. The Balaban J connectivity index is 2.01. The second-order valence-electron chi connectivity index (χ2n) is 3.44. The lowest BCUT2D eigenvalue weighted by Gasteiger charge is -2.00. The van der Waals surface area contributed by atoms with Gasteiger partial charge in [0.1, 0.15) is 0 Å². The fraction of sp³-hybridized carbons (Fsp3) is 0.500. The highest BCUT2D eigenvalue weighted by Crippen LogP contribution is 2.14. The molecular formula is C12H16O3S2. The van der Waals surface area contributed by atoms with E-state index in [0.717, 1.165) is 22.8 Å². The highest BCUT2D eigenvalue weighted by atomic mass is 32.2. The van der Waals surface area contributed by atoms with E-state index in [-0.39, 0.29) is 11.8 Å². The van der Waals surface area contributed by atoms with E-state index in [1.165, 1.54) is 18.4 Å². The number of esters is 1. The zero-order chi connectivity index (χ0) is 12.5. The van der Waals surface area contributed by atoms with Crippen LogP contribution >= 0.6 is 23.1 Å². The summed E-state index contributed by atoms with van der Waals surface area (Å²) in [6, 6.07) is 3.75. The molecular weight excluding hydrogens is 256 g/mol. The van der Waals surface area contributed by atoms with E-state index in [2.05, 4.69) is 4.74 Å². The van der Waals surface area contributed by atoms with Crippen LogP contribution in [0.3, 0.4) is 0 Å². The molecule has 0 atom stereocenters. The minimum absolute atomic E-state index is 0.174. The van der Waals surface area contributed by atoms with Gasteiger partial charge >= 0.3 is 5.97 Å². The lowest BCUT2D eigenvalue weighted by Crippen LogP contribution is -2.02. The summed E-state index contributed by atoms with van der Waals surface area (Å²) in [7, 11) is 1.40. The van der Waals surface area contributed by atoms with Gasteiger partial charge in [0.25, 0.3) is 0 Å². The molecule has 1 rings (SSSR count). The zero-order valence-electron chi connectivity index (χ0n) is 9.81. The van der Waals surface area contributed by atoms with Crippen molar-refractivity contribution >= 4 is 34.9 Å². The average molecular weight is 272 g/mol. The molecule has 0 aliphatic rings. The summed E-state index contributed by atoms with van der Waals surface area (Å²) in [5, 5.41) is 1.92. The Bertz CT molecular complexity index is 347. The number of thioether (sulfide) groups is 1. The Morgan fingerprint density at radius 3 is 2.82 bits per heavy atom. The number of ether oxygens (including phenoxy) is 1. The first kappa shape index (κ1) is 14.3. The van der Waals surface area contributed by atoms with Gasteiger partial charge in [-0.3, -0.25) is 9.59 Å². The fourth-order valence-electron chi connectivity index (χ4n) is 1.25. The van der Waals surface area contributed by atoms with Crippen LogP contribution in [0.5, 0.6) is 0 Å². The largest absolute Gasteiger partial charge is 0.469 e. The van der Waals surface area contributed by atoms with E-state index in [1.807, 2.05) is 17.5 Å². The predicted molar refractivity (Wildman–Crippen MR) is 71.8 cm³/mol. The molecule has 0 fully saturated rings. The van der Waals surface area contributed by atoms with E-state index in [4.69, 9.17) is 0 Å². The third kappa shape index (κ3) is 5.89. The summed E-state index contributed by atoms with van der Waals surface area (Å²) in [6.07, 6.45) is 1.90. The first-order chi connectivity index (χ1) is 8.24. The van der Waals surface area contributed by atoms with Crippen molar-refractivity contribution in [3.63, 3.8) is 0 Å². The van der Waals surface area contributed by atoms with Crippen molar-refractivity contribution in [2.24, 2.45) is 0 Å². The Morgan fingerprint density at radius 1 is 1.35 bits per heavy atom. The molecule has 0 unspecified atom stereocenters. The number of methoxy groups -OCH3 is 1. The Morgan fingerprint density at radius 2 is 2.18 bits per heavy atom. The lowest BCUT2D eigenvalue weighted by atomic mass is 10.2. The third-order valence-electron chi connectivity index (χ3n) is 2.17. The number of hydrogen-bond acceptors (Lipinski definition) is 5. The Kier molecular flexibility index (Phi) is 6.96. The normalized spacial score (nSPS) is 10.2. The molecule has 0 saturated carbocycles. The first-order valence-corrected chi connectivity index (χ1v) is 7.48. The van der Waals surface area contributed by atoms with Gasteiger partial charge in [0.2, 0.25) is 0 Å². The quantitative estimate of drug-likeness (QED) is 0.414. The summed E-state index contributed by atoms with van der Waals surface area (Å²) in [4.78, 5) is 23.3. The van der Waals surface area contributed by atoms with E-state index in [1.54, 1.807) is 11.8 Å². The van der Waals surface area contributed by atoms with Gasteiger partial charge < -0.3 is 4.74 Å². The third-order valence-corrected chi connectivity index (χ3v) is 4.15. The molecule has 0 amide bonds. The van der Waals surface area contributed by atoms with Crippen molar-refractivity contribution in [2.75, 3.05) is 18.6 Å². The molecule has 0 aromatic carbocycles. The number of thiophene rings is 1. The van der Waals surface area contributed by atoms with Crippen LogP contribution in [0.1, 0.15) is 28.9 Å². The molecule has 0 radical (unpaired) electrons. The van der Waals surface area contributed by atoms with E-state index in [9.17, 15) is 9.59 Å². The molecule has 1 aromatic heterocycles. The van der Waals surface area contributed by atoms with Gasteiger partial charge in [0.05, 0.1) is 18.4 Å². The van der Waals surface area contributed by atoms with Crippen LogP contribution in [-0.2, 0) is 9.53 Å². The molecule has 17 heavy (non-hydrogen) atoms. The zero-order valence-corrected chi connectivity index (χ0v) is 11.4. The van der Waals surface area contributed by atoms with Crippen LogP contribution in [0.4, 0.5) is 0 Å². The van der Waals surface area contributed by atoms with Crippen molar-refractivity contribution in [2.45, 2.75) is 19.3 Å². The number of carbonyl (C=O) groups is 2. The van der Waals surface area contributed by atoms with Crippen LogP contribution in [0.25, 0.3) is 0 Å². The van der Waals surface area contributed by atoms with Gasteiger partial charge in [-0.05, 0) is 23.6 Å². The molecule has 1 aromatic rings. The summed E-state index contributed by atoms with van der Waals surface area (Å²) in [5.41, 5.74) is 0. The van der Waals surface area contributed by atoms with E-state index >= 15 is 0 Å². The number of carbonyl (C=O) groups excluding carboxylic acids is 2. The molecule has 0 bridgehead atoms. The van der Waals surface area contributed by atoms with E-state index < -0.39 is 0 Å². The highest BCUT2D eigenvalue weighted by molar-refractivity contribution is 7.99. The highest BCUT2D eigenvalue weighted by Gasteiger charge is 2.06. The van der Waals surface area contributed by atoms with Crippen LogP contribution < -0.4 is 0 Å². The molecule has 5 heteroatoms. The van der Waals surface area contributed by atoms with Crippen LogP contribution in [0.2, 0.25) is 0 Å². The smallest absolute Gasteiger partial charge is 0.306 e. The summed E-state index contributed by atoms with van der Waals surface area (Å²) < 4.78 is 4.54. The first-order valence-electron chi connectivity index (χ1n) is 5.45. The monoisotopic (exact) mass is 272 g/mol. The second kappa shape index (κ2) is 8.31. The maximum atomic E-state index is 11.6. The topological polar surface area (TPSA) is 43.4 Å². The molecule has 94 valence electrons. The predicted octanol–water partition coefficient (Wildman–Crippen LogP) is 3.01. The van der Waals surface area contributed by atoms with Gasteiger partial charge in [-0.25, -0.2) is 0 Å². The minimum atomic E-state index is -0.174. The number of rotatable bonds is 8. The number of Topliss-reactive ketones (excluding diaryl/α,β-unsaturated/α-hetero) is 1. The fourth-order valence-corrected chi connectivity index (χ4v) is 2.81. The molecule has 0 aliphatic carbocycles. The van der Waals surface area contributed by atoms with Crippen molar-refractivity contribution in [1.29, 1.82) is 0 Å². The Labute approximate surface area is 110 Å². The summed E-state index contributed by atoms with van der Waals surface area (Å²) >= 11 is 3.18. The standard InChI is InChI=1S/C12H16O3S2/c1-15-12(14)6-9-16-7-2-4-10(13)11-5-3-8-17-11/h3,5,8H,2,4,6-7,9H2,1H3. The van der Waals surface area contributed by atoms with Gasteiger partial charge in [-0.15, -0.1) is 11.3 Å². The van der Waals surface area contributed by atoms with Crippen molar-refractivity contribution in [3.05, 3.63) is 22.4 Å². The average Bonchev–Trinajstić information content (AvgIpc) is 2.86. The van der Waals surface area contributed by atoms with E-state index in [0.29, 0.717) is 12.8 Å². The van der Waals surface area contributed by atoms with Crippen molar-refractivity contribution in [1.82, 2.24) is 0 Å². The maximum absolute atomic E-state index is 11.6. The summed E-state index contributed by atoms with van der Waals surface area (Å²) in [5.74, 6) is 1.72. The van der Waals surface area contributed by atoms with Crippen LogP contribution in [-0.4, -0.2) is 30.4 Å². The van der Waals surface area contributed by atoms with Gasteiger partial charge in [0, 0.05) is 12.2 Å². The van der Waals surface area contributed by atoms with Gasteiger partial charge in [0.15, 0.2) is 5.78 Å². The van der Waals surface area contributed by atoms with Crippen molar-refractivity contribution in [3.8, 4) is 0 Å². The number of hydrogen-bond donors (Lipinski definition) is 0. The van der Waals surface area contributed by atoms with Gasteiger partial charge in [-0.1, -0.05) is 6.07 Å². The molecule has 0 aliphatic heterocycles. The Hall–Kier alpha value is -0.810. The molecule has 1 heterocycles.